The van der Waals surface area contributed by atoms with Crippen LogP contribution in [0.1, 0.15) is 5.56 Å². The molecular formula is C10H7BrFIN2. The van der Waals surface area contributed by atoms with Crippen LogP contribution in [0.3, 0.4) is 0 Å². The molecule has 2 rings (SSSR count). The van der Waals surface area contributed by atoms with Gasteiger partial charge in [-0.3, -0.25) is 4.68 Å². The highest BCUT2D eigenvalue weighted by molar-refractivity contribution is 14.1. The molecule has 2 aromatic rings. The fourth-order valence-electron chi connectivity index (χ4n) is 1.26. The van der Waals surface area contributed by atoms with Crippen LogP contribution < -0.4 is 0 Å². The largest absolute Gasteiger partial charge is 0.267 e. The van der Waals surface area contributed by atoms with Crippen LogP contribution in [0.2, 0.25) is 0 Å². The van der Waals surface area contributed by atoms with Gasteiger partial charge in [0.15, 0.2) is 0 Å². The van der Waals surface area contributed by atoms with Crippen molar-refractivity contribution >= 4 is 38.5 Å². The summed E-state index contributed by atoms with van der Waals surface area (Å²) in [5.41, 5.74) is 0.629. The van der Waals surface area contributed by atoms with E-state index in [9.17, 15) is 4.39 Å². The molecule has 0 aliphatic carbocycles. The standard InChI is InChI=1S/C10H7BrFIN2/c11-8-1-2-10(12)7(3-8)5-15-6-9(13)4-14-15/h1-4,6H,5H2. The maximum absolute atomic E-state index is 13.4. The van der Waals surface area contributed by atoms with Gasteiger partial charge in [0.05, 0.1) is 16.3 Å². The van der Waals surface area contributed by atoms with Gasteiger partial charge in [-0.2, -0.15) is 5.10 Å². The molecule has 78 valence electrons. The molecule has 1 aromatic carbocycles. The van der Waals surface area contributed by atoms with Crippen molar-refractivity contribution in [3.63, 3.8) is 0 Å². The number of nitrogens with zero attached hydrogens (tertiary/aromatic N) is 2. The van der Waals surface area contributed by atoms with Crippen molar-refractivity contribution in [2.45, 2.75) is 6.54 Å². The summed E-state index contributed by atoms with van der Waals surface area (Å²) in [6.07, 6.45) is 3.62. The van der Waals surface area contributed by atoms with Gasteiger partial charge in [0.2, 0.25) is 0 Å². The maximum atomic E-state index is 13.4. The normalized spacial score (nSPS) is 10.6. The highest BCUT2D eigenvalue weighted by Crippen LogP contribution is 2.16. The van der Waals surface area contributed by atoms with Crippen molar-refractivity contribution in [1.82, 2.24) is 9.78 Å². The number of rotatable bonds is 2. The lowest BCUT2D eigenvalue weighted by atomic mass is 10.2. The minimum atomic E-state index is -0.205. The summed E-state index contributed by atoms with van der Waals surface area (Å²) in [6, 6.07) is 4.91. The van der Waals surface area contributed by atoms with Gasteiger partial charge in [-0.1, -0.05) is 15.9 Å². The molecule has 0 bridgehead atoms. The monoisotopic (exact) mass is 380 g/mol. The van der Waals surface area contributed by atoms with E-state index in [-0.39, 0.29) is 5.82 Å². The van der Waals surface area contributed by atoms with Gasteiger partial charge < -0.3 is 0 Å². The Labute approximate surface area is 109 Å². The molecule has 0 fully saturated rings. The van der Waals surface area contributed by atoms with Gasteiger partial charge in [0.1, 0.15) is 5.82 Å². The molecule has 0 unspecified atom stereocenters. The summed E-state index contributed by atoms with van der Waals surface area (Å²) < 4.78 is 17.0. The molecule has 0 N–H and O–H groups in total. The lowest BCUT2D eigenvalue weighted by Crippen LogP contribution is -2.02. The fraction of sp³-hybridized carbons (Fsp3) is 0.100. The fourth-order valence-corrected chi connectivity index (χ4v) is 2.12. The van der Waals surface area contributed by atoms with Crippen molar-refractivity contribution in [2.24, 2.45) is 0 Å². The molecule has 2 nitrogen and oxygen atoms in total. The minimum Gasteiger partial charge on any atom is -0.267 e. The van der Waals surface area contributed by atoms with Gasteiger partial charge in [0, 0.05) is 16.2 Å². The Hall–Kier alpha value is -0.430. The number of halogens is 3. The molecule has 15 heavy (non-hydrogen) atoms. The summed E-state index contributed by atoms with van der Waals surface area (Å²) in [4.78, 5) is 0. The maximum Gasteiger partial charge on any atom is 0.128 e. The molecule has 0 aliphatic rings. The molecule has 0 saturated carbocycles. The first-order valence-corrected chi connectivity index (χ1v) is 6.14. The second kappa shape index (κ2) is 4.61. The number of aromatic nitrogens is 2. The zero-order valence-corrected chi connectivity index (χ0v) is 11.4. The first kappa shape index (κ1) is 11.1. The van der Waals surface area contributed by atoms with Gasteiger partial charge in [-0.05, 0) is 40.8 Å². The van der Waals surface area contributed by atoms with E-state index in [0.29, 0.717) is 12.1 Å². The van der Waals surface area contributed by atoms with E-state index in [4.69, 9.17) is 0 Å². The molecule has 0 spiro atoms. The Morgan fingerprint density at radius 1 is 1.47 bits per heavy atom. The predicted octanol–water partition coefficient (Wildman–Crippen LogP) is 3.44. The molecule has 0 radical (unpaired) electrons. The Morgan fingerprint density at radius 2 is 2.27 bits per heavy atom. The second-order valence-electron chi connectivity index (χ2n) is 3.09. The lowest BCUT2D eigenvalue weighted by Gasteiger charge is -2.03. The first-order valence-electron chi connectivity index (χ1n) is 4.27. The van der Waals surface area contributed by atoms with E-state index in [1.54, 1.807) is 23.0 Å². The zero-order valence-electron chi connectivity index (χ0n) is 7.62. The molecule has 1 aromatic heterocycles. The average Bonchev–Trinajstić information content (AvgIpc) is 2.58. The van der Waals surface area contributed by atoms with E-state index in [1.165, 1.54) is 6.07 Å². The van der Waals surface area contributed by atoms with Crippen LogP contribution in [0.25, 0.3) is 0 Å². The summed E-state index contributed by atoms with van der Waals surface area (Å²) in [6.45, 7) is 0.453. The predicted molar refractivity (Wildman–Crippen MR) is 68.1 cm³/mol. The topological polar surface area (TPSA) is 17.8 Å². The van der Waals surface area contributed by atoms with E-state index in [0.717, 1.165) is 8.04 Å². The van der Waals surface area contributed by atoms with Gasteiger partial charge in [-0.15, -0.1) is 0 Å². The third kappa shape index (κ3) is 2.78. The van der Waals surface area contributed by atoms with E-state index < -0.39 is 0 Å². The molecule has 1 heterocycles. The average molecular weight is 381 g/mol. The molecule has 0 aliphatic heterocycles. The Kier molecular flexibility index (Phi) is 3.40. The van der Waals surface area contributed by atoms with Crippen LogP contribution >= 0.6 is 38.5 Å². The van der Waals surface area contributed by atoms with Crippen LogP contribution in [0.4, 0.5) is 4.39 Å². The summed E-state index contributed by atoms with van der Waals surface area (Å²) in [5.74, 6) is -0.205. The summed E-state index contributed by atoms with van der Waals surface area (Å²) >= 11 is 5.49. The Morgan fingerprint density at radius 3 is 2.93 bits per heavy atom. The number of benzene rings is 1. The first-order chi connectivity index (χ1) is 7.15. The molecule has 0 amide bonds. The van der Waals surface area contributed by atoms with Gasteiger partial charge >= 0.3 is 0 Å². The highest BCUT2D eigenvalue weighted by Gasteiger charge is 2.04. The van der Waals surface area contributed by atoms with Crippen molar-refractivity contribution in [2.75, 3.05) is 0 Å². The van der Waals surface area contributed by atoms with Crippen LogP contribution in [0, 0.1) is 9.39 Å². The third-order valence-electron chi connectivity index (χ3n) is 1.94. The van der Waals surface area contributed by atoms with Gasteiger partial charge in [0.25, 0.3) is 0 Å². The molecule has 0 atom stereocenters. The van der Waals surface area contributed by atoms with Gasteiger partial charge in [-0.25, -0.2) is 4.39 Å². The SMILES string of the molecule is Fc1ccc(Br)cc1Cn1cc(I)cn1. The molecular weight excluding hydrogens is 374 g/mol. The molecule has 0 saturated heterocycles. The zero-order chi connectivity index (χ0) is 10.8. The van der Waals surface area contributed by atoms with Crippen molar-refractivity contribution in [3.8, 4) is 0 Å². The van der Waals surface area contributed by atoms with Crippen molar-refractivity contribution in [1.29, 1.82) is 0 Å². The minimum absolute atomic E-state index is 0.205. The molecule has 5 heteroatoms. The highest BCUT2D eigenvalue weighted by atomic mass is 127. The smallest absolute Gasteiger partial charge is 0.128 e. The van der Waals surface area contributed by atoms with Crippen LogP contribution in [-0.4, -0.2) is 9.78 Å². The second-order valence-corrected chi connectivity index (χ2v) is 5.25. The summed E-state index contributed by atoms with van der Waals surface area (Å²) in [5, 5.41) is 4.11. The van der Waals surface area contributed by atoms with Crippen LogP contribution in [-0.2, 0) is 6.54 Å². The Bertz CT molecular complexity index is 484. The quantitative estimate of drug-likeness (QED) is 0.730. The van der Waals surface area contributed by atoms with E-state index in [2.05, 4.69) is 43.6 Å². The van der Waals surface area contributed by atoms with Crippen molar-refractivity contribution < 1.29 is 4.39 Å². The van der Waals surface area contributed by atoms with Crippen LogP contribution in [0.5, 0.6) is 0 Å². The van der Waals surface area contributed by atoms with E-state index in [1.807, 2.05) is 6.20 Å². The number of hydrogen-bond donors (Lipinski definition) is 0. The Balaban J connectivity index is 2.27. The summed E-state index contributed by atoms with van der Waals surface area (Å²) in [7, 11) is 0. The third-order valence-corrected chi connectivity index (χ3v) is 2.99. The van der Waals surface area contributed by atoms with E-state index >= 15 is 0 Å². The van der Waals surface area contributed by atoms with Crippen molar-refractivity contribution in [3.05, 3.63) is 50.0 Å². The van der Waals surface area contributed by atoms with Crippen LogP contribution in [0.15, 0.2) is 35.1 Å². The lowest BCUT2D eigenvalue weighted by molar-refractivity contribution is 0.584. The number of hydrogen-bond acceptors (Lipinski definition) is 1.